The molecule has 0 aliphatic carbocycles. The molecule has 3 rings (SSSR count). The molecule has 11 nitrogen and oxygen atoms in total. The van der Waals surface area contributed by atoms with Gasteiger partial charge in [0.05, 0.1) is 30.0 Å². The number of esters is 1. The van der Waals surface area contributed by atoms with Crippen LogP contribution in [0.2, 0.25) is 0 Å². The molecule has 180 valence electrons. The van der Waals surface area contributed by atoms with Gasteiger partial charge in [0.2, 0.25) is 6.79 Å². The quantitative estimate of drug-likeness (QED) is 0.188. The van der Waals surface area contributed by atoms with E-state index in [1.807, 2.05) is 22.6 Å². The second-order valence-electron chi connectivity index (χ2n) is 6.67. The zero-order chi connectivity index (χ0) is 24.5. The van der Waals surface area contributed by atoms with Crippen molar-refractivity contribution in [3.63, 3.8) is 0 Å². The third kappa shape index (κ3) is 6.73. The third-order valence-corrected chi connectivity index (χ3v) is 5.14. The number of hydrazone groups is 1. The lowest BCUT2D eigenvalue weighted by Crippen LogP contribution is -2.34. The molecule has 2 aromatic carbocycles. The van der Waals surface area contributed by atoms with Gasteiger partial charge in [-0.05, 0) is 65.4 Å². The average molecular weight is 583 g/mol. The van der Waals surface area contributed by atoms with Crippen LogP contribution in [-0.4, -0.2) is 57.7 Å². The molecule has 0 unspecified atom stereocenters. The number of rotatable bonds is 10. The third-order valence-electron chi connectivity index (χ3n) is 4.34. The first-order valence-electron chi connectivity index (χ1n) is 10.1. The van der Waals surface area contributed by atoms with E-state index in [1.165, 1.54) is 13.3 Å². The van der Waals surface area contributed by atoms with E-state index in [0.717, 1.165) is 0 Å². The molecule has 0 saturated heterocycles. The Labute approximate surface area is 208 Å². The monoisotopic (exact) mass is 583 g/mol. The topological polar surface area (TPSA) is 134 Å². The summed E-state index contributed by atoms with van der Waals surface area (Å²) in [5.41, 5.74) is 3.30. The number of nitrogens with zero attached hydrogens (tertiary/aromatic N) is 1. The Morgan fingerprint density at radius 1 is 1.18 bits per heavy atom. The highest BCUT2D eigenvalue weighted by Crippen LogP contribution is 2.34. The lowest BCUT2D eigenvalue weighted by atomic mass is 10.2. The number of halogens is 1. The lowest BCUT2D eigenvalue weighted by molar-refractivity contribution is -0.145. The molecule has 2 aromatic rings. The minimum atomic E-state index is -0.513. The maximum absolute atomic E-state index is 12.2. The van der Waals surface area contributed by atoms with Gasteiger partial charge in [0.25, 0.3) is 11.8 Å². The number of hydrogen-bond acceptors (Lipinski definition) is 9. The Morgan fingerprint density at radius 3 is 2.74 bits per heavy atom. The Kier molecular flexibility index (Phi) is 8.90. The van der Waals surface area contributed by atoms with E-state index in [-0.39, 0.29) is 26.6 Å². The van der Waals surface area contributed by atoms with Gasteiger partial charge in [-0.15, -0.1) is 0 Å². The summed E-state index contributed by atoms with van der Waals surface area (Å²) >= 11 is 2.03. The van der Waals surface area contributed by atoms with E-state index in [9.17, 15) is 14.4 Å². The highest BCUT2D eigenvalue weighted by atomic mass is 127. The zero-order valence-electron chi connectivity index (χ0n) is 18.4. The molecule has 0 fully saturated rings. The van der Waals surface area contributed by atoms with Gasteiger partial charge < -0.3 is 29.0 Å². The summed E-state index contributed by atoms with van der Waals surface area (Å²) in [5, 5.41) is 6.41. The molecule has 2 amide bonds. The molecular weight excluding hydrogens is 561 g/mol. The fourth-order valence-corrected chi connectivity index (χ4v) is 3.59. The Balaban J connectivity index is 1.51. The van der Waals surface area contributed by atoms with Gasteiger partial charge in [0.15, 0.2) is 29.6 Å². The van der Waals surface area contributed by atoms with Gasteiger partial charge in [-0.2, -0.15) is 5.10 Å². The summed E-state index contributed by atoms with van der Waals surface area (Å²) in [6.45, 7) is 1.56. The molecule has 1 aliphatic rings. The van der Waals surface area contributed by atoms with Crippen molar-refractivity contribution in [2.24, 2.45) is 5.10 Å². The van der Waals surface area contributed by atoms with Crippen LogP contribution >= 0.6 is 22.6 Å². The standard InChI is InChI=1S/C22H22IN3O8/c1-3-31-20(28)11-32-21-15(23)6-13(7-18(21)30-2)9-25-26-19(27)10-24-22(29)14-4-5-16-17(8-14)34-12-33-16/h4-9H,3,10-12H2,1-2H3,(H,24,29)(H,26,27)/b25-9+. The highest BCUT2D eigenvalue weighted by Gasteiger charge is 2.17. The fraction of sp³-hybridized carbons (Fsp3) is 0.273. The number of nitrogens with one attached hydrogen (secondary N) is 2. The Bertz CT molecular complexity index is 1110. The number of fused-ring (bicyclic) bond motifs is 1. The maximum atomic E-state index is 12.2. The second-order valence-corrected chi connectivity index (χ2v) is 7.83. The van der Waals surface area contributed by atoms with Crippen molar-refractivity contribution in [1.82, 2.24) is 10.7 Å². The molecule has 0 bridgehead atoms. The van der Waals surface area contributed by atoms with Crippen LogP contribution in [0.15, 0.2) is 35.4 Å². The molecule has 12 heteroatoms. The normalized spacial score (nSPS) is 11.7. The van der Waals surface area contributed by atoms with Gasteiger partial charge >= 0.3 is 5.97 Å². The van der Waals surface area contributed by atoms with Crippen molar-refractivity contribution in [2.75, 3.05) is 33.7 Å². The van der Waals surface area contributed by atoms with Crippen LogP contribution in [0.1, 0.15) is 22.8 Å². The van der Waals surface area contributed by atoms with Crippen LogP contribution < -0.4 is 29.7 Å². The molecule has 0 atom stereocenters. The summed E-state index contributed by atoms with van der Waals surface area (Å²) in [7, 11) is 1.47. The lowest BCUT2D eigenvalue weighted by Gasteiger charge is -2.13. The highest BCUT2D eigenvalue weighted by molar-refractivity contribution is 14.1. The van der Waals surface area contributed by atoms with E-state index in [0.29, 0.717) is 37.7 Å². The molecule has 0 aromatic heterocycles. The van der Waals surface area contributed by atoms with E-state index in [4.69, 9.17) is 23.7 Å². The van der Waals surface area contributed by atoms with E-state index < -0.39 is 17.8 Å². The van der Waals surface area contributed by atoms with Crippen molar-refractivity contribution in [3.05, 3.63) is 45.0 Å². The van der Waals surface area contributed by atoms with Crippen LogP contribution in [0.25, 0.3) is 0 Å². The smallest absolute Gasteiger partial charge is 0.344 e. The van der Waals surface area contributed by atoms with E-state index in [2.05, 4.69) is 15.8 Å². The van der Waals surface area contributed by atoms with Crippen LogP contribution in [0.4, 0.5) is 0 Å². The molecule has 1 heterocycles. The number of carbonyl (C=O) groups excluding carboxylic acids is 3. The van der Waals surface area contributed by atoms with Crippen molar-refractivity contribution in [3.8, 4) is 23.0 Å². The molecule has 0 radical (unpaired) electrons. The number of carbonyl (C=O) groups is 3. The first-order valence-corrected chi connectivity index (χ1v) is 11.1. The van der Waals surface area contributed by atoms with Gasteiger partial charge in [-0.25, -0.2) is 10.2 Å². The Morgan fingerprint density at radius 2 is 1.97 bits per heavy atom. The van der Waals surface area contributed by atoms with Crippen molar-refractivity contribution >= 4 is 46.6 Å². The number of amides is 2. The van der Waals surface area contributed by atoms with Crippen LogP contribution in [0.5, 0.6) is 23.0 Å². The van der Waals surface area contributed by atoms with E-state index in [1.54, 1.807) is 37.3 Å². The van der Waals surface area contributed by atoms with Gasteiger partial charge in [0, 0.05) is 5.56 Å². The largest absolute Gasteiger partial charge is 0.493 e. The number of benzene rings is 2. The Hall–Kier alpha value is -3.55. The van der Waals surface area contributed by atoms with Gasteiger partial charge in [-0.1, -0.05) is 0 Å². The predicted molar refractivity (Wildman–Crippen MR) is 128 cm³/mol. The summed E-state index contributed by atoms with van der Waals surface area (Å²) in [6, 6.07) is 8.13. The SMILES string of the molecule is CCOC(=O)COc1c(I)cc(/C=N/NC(=O)CNC(=O)c2ccc3c(c2)OCO3)cc1OC. The van der Waals surface area contributed by atoms with Crippen molar-refractivity contribution < 1.29 is 38.1 Å². The first-order chi connectivity index (χ1) is 16.4. The average Bonchev–Trinajstić information content (AvgIpc) is 3.29. The van der Waals surface area contributed by atoms with Gasteiger partial charge in [-0.3, -0.25) is 9.59 Å². The van der Waals surface area contributed by atoms with Gasteiger partial charge in [0.1, 0.15) is 0 Å². The van der Waals surface area contributed by atoms with Crippen LogP contribution in [0, 0.1) is 3.57 Å². The molecule has 2 N–H and O–H groups in total. The first kappa shape index (κ1) is 25.1. The molecule has 0 spiro atoms. The second kappa shape index (κ2) is 12.1. The number of methoxy groups -OCH3 is 1. The maximum Gasteiger partial charge on any atom is 0.344 e. The minimum absolute atomic E-state index is 0.106. The molecule has 0 saturated carbocycles. The van der Waals surface area contributed by atoms with Crippen molar-refractivity contribution in [1.29, 1.82) is 0 Å². The molecule has 34 heavy (non-hydrogen) atoms. The van der Waals surface area contributed by atoms with Crippen LogP contribution in [-0.2, 0) is 14.3 Å². The van der Waals surface area contributed by atoms with E-state index >= 15 is 0 Å². The van der Waals surface area contributed by atoms with Crippen LogP contribution in [0.3, 0.4) is 0 Å². The summed E-state index contributed by atoms with van der Waals surface area (Å²) < 4.78 is 26.8. The predicted octanol–water partition coefficient (Wildman–Crippen LogP) is 1.85. The minimum Gasteiger partial charge on any atom is -0.493 e. The number of ether oxygens (including phenoxy) is 5. The molecular formula is C22H22IN3O8. The zero-order valence-corrected chi connectivity index (χ0v) is 20.5. The summed E-state index contributed by atoms with van der Waals surface area (Å²) in [5.74, 6) is 0.386. The summed E-state index contributed by atoms with van der Waals surface area (Å²) in [4.78, 5) is 35.8. The fourth-order valence-electron chi connectivity index (χ4n) is 2.81. The number of hydrogen-bond donors (Lipinski definition) is 2. The van der Waals surface area contributed by atoms with Crippen molar-refractivity contribution in [2.45, 2.75) is 6.92 Å². The summed E-state index contributed by atoms with van der Waals surface area (Å²) in [6.07, 6.45) is 1.41. The molecule has 1 aliphatic heterocycles.